The quantitative estimate of drug-likeness (QED) is 0.586. The zero-order valence-electron chi connectivity index (χ0n) is 18.5. The second kappa shape index (κ2) is 9.48. The fourth-order valence-electron chi connectivity index (χ4n) is 3.64. The number of aromatic nitrogens is 1. The number of carbonyl (C=O) groups excluding carboxylic acids is 1. The highest BCUT2D eigenvalue weighted by Crippen LogP contribution is 2.38. The van der Waals surface area contributed by atoms with Crippen LogP contribution in [0.2, 0.25) is 0 Å². The standard InChI is InChI=1S/C27H21N3O4/c1-27(17-28)10-12-34-24-8-7-20(15-23(24)27)25(31)30-16-22-14-19(9-11-29-22)6-5-18-3-2-4-21(13-18)26(32)33/h2-4,7-9,11,13-15H,10,12,16H2,1H3,(H,30,31)(H,32,33)/t27-/m0/s1. The summed E-state index contributed by atoms with van der Waals surface area (Å²) in [6.07, 6.45) is 2.17. The molecule has 0 saturated carbocycles. The molecule has 2 heterocycles. The van der Waals surface area contributed by atoms with E-state index >= 15 is 0 Å². The van der Waals surface area contributed by atoms with Gasteiger partial charge in [-0.3, -0.25) is 9.78 Å². The van der Waals surface area contributed by atoms with E-state index in [0.29, 0.717) is 41.2 Å². The minimum atomic E-state index is -1.01. The highest BCUT2D eigenvalue weighted by molar-refractivity contribution is 5.94. The first-order valence-electron chi connectivity index (χ1n) is 10.6. The maximum Gasteiger partial charge on any atom is 0.335 e. The molecule has 0 unspecified atom stereocenters. The highest BCUT2D eigenvalue weighted by atomic mass is 16.5. The van der Waals surface area contributed by atoms with Gasteiger partial charge in [-0.15, -0.1) is 0 Å². The molecule has 0 spiro atoms. The number of hydrogen-bond donors (Lipinski definition) is 2. The van der Waals surface area contributed by atoms with E-state index in [4.69, 9.17) is 9.84 Å². The molecular formula is C27H21N3O4. The maximum atomic E-state index is 12.7. The minimum Gasteiger partial charge on any atom is -0.493 e. The summed E-state index contributed by atoms with van der Waals surface area (Å²) in [5.41, 5.74) is 2.55. The fourth-order valence-corrected chi connectivity index (χ4v) is 3.64. The van der Waals surface area contributed by atoms with Gasteiger partial charge in [-0.2, -0.15) is 5.26 Å². The topological polar surface area (TPSA) is 112 Å². The fraction of sp³-hybridized carbons (Fsp3) is 0.185. The summed E-state index contributed by atoms with van der Waals surface area (Å²) >= 11 is 0. The van der Waals surface area contributed by atoms with Crippen LogP contribution in [0.25, 0.3) is 0 Å². The molecular weight excluding hydrogens is 430 g/mol. The van der Waals surface area contributed by atoms with Gasteiger partial charge in [0.1, 0.15) is 5.75 Å². The van der Waals surface area contributed by atoms with Crippen molar-refractivity contribution in [2.45, 2.75) is 25.3 Å². The number of nitrogens with zero attached hydrogens (tertiary/aromatic N) is 2. The molecule has 7 heteroatoms. The molecule has 7 nitrogen and oxygen atoms in total. The van der Waals surface area contributed by atoms with Crippen LogP contribution in [0.4, 0.5) is 0 Å². The molecule has 1 amide bonds. The molecule has 4 rings (SSSR count). The zero-order chi connectivity index (χ0) is 24.1. The molecule has 0 bridgehead atoms. The summed E-state index contributed by atoms with van der Waals surface area (Å²) in [6.45, 7) is 2.52. The Balaban J connectivity index is 1.46. The molecule has 1 aromatic heterocycles. The van der Waals surface area contributed by atoms with E-state index < -0.39 is 11.4 Å². The van der Waals surface area contributed by atoms with E-state index in [1.165, 1.54) is 12.1 Å². The van der Waals surface area contributed by atoms with Crippen LogP contribution < -0.4 is 10.1 Å². The van der Waals surface area contributed by atoms with E-state index in [0.717, 1.165) is 5.56 Å². The van der Waals surface area contributed by atoms with Crippen molar-refractivity contribution in [3.63, 3.8) is 0 Å². The molecule has 3 aromatic rings. The van der Waals surface area contributed by atoms with Crippen LogP contribution in [0.15, 0.2) is 60.8 Å². The normalized spacial score (nSPS) is 16.1. The average molecular weight is 451 g/mol. The van der Waals surface area contributed by atoms with Gasteiger partial charge in [0, 0.05) is 34.9 Å². The lowest BCUT2D eigenvalue weighted by molar-refractivity contribution is 0.0696. The summed E-state index contributed by atoms with van der Waals surface area (Å²) in [5, 5.41) is 21.6. The Hall–Kier alpha value is -4.62. The number of ether oxygens (including phenoxy) is 1. The Labute approximate surface area is 197 Å². The first kappa shape index (κ1) is 22.6. The van der Waals surface area contributed by atoms with Gasteiger partial charge in [-0.25, -0.2) is 4.79 Å². The lowest BCUT2D eigenvalue weighted by Gasteiger charge is -2.30. The number of pyridine rings is 1. The van der Waals surface area contributed by atoms with Crippen molar-refractivity contribution in [3.05, 3.63) is 94.3 Å². The number of benzene rings is 2. The van der Waals surface area contributed by atoms with E-state index in [1.54, 1.807) is 48.7 Å². The van der Waals surface area contributed by atoms with Crippen molar-refractivity contribution >= 4 is 11.9 Å². The Bertz CT molecular complexity index is 1380. The van der Waals surface area contributed by atoms with Gasteiger partial charge in [0.2, 0.25) is 0 Å². The number of rotatable bonds is 4. The van der Waals surface area contributed by atoms with Crippen LogP contribution in [-0.4, -0.2) is 28.6 Å². The minimum absolute atomic E-state index is 0.175. The molecule has 0 fully saturated rings. The van der Waals surface area contributed by atoms with Gasteiger partial charge < -0.3 is 15.2 Å². The predicted molar refractivity (Wildman–Crippen MR) is 124 cm³/mol. The number of carboxylic acids is 1. The van der Waals surface area contributed by atoms with Gasteiger partial charge in [-0.05, 0) is 55.5 Å². The number of amides is 1. The number of hydrogen-bond acceptors (Lipinski definition) is 5. The van der Waals surface area contributed by atoms with Crippen LogP contribution >= 0.6 is 0 Å². The maximum absolute atomic E-state index is 12.7. The number of carbonyl (C=O) groups is 2. The van der Waals surface area contributed by atoms with Crippen LogP contribution in [-0.2, 0) is 12.0 Å². The molecule has 2 N–H and O–H groups in total. The number of nitrogens with one attached hydrogen (secondary N) is 1. The number of carboxylic acid groups (broad SMARTS) is 1. The molecule has 168 valence electrons. The summed E-state index contributed by atoms with van der Waals surface area (Å²) in [6, 6.07) is 17.4. The monoisotopic (exact) mass is 451 g/mol. The molecule has 34 heavy (non-hydrogen) atoms. The summed E-state index contributed by atoms with van der Waals surface area (Å²) < 4.78 is 5.64. The van der Waals surface area contributed by atoms with Gasteiger partial charge in [-0.1, -0.05) is 17.9 Å². The van der Waals surface area contributed by atoms with E-state index in [9.17, 15) is 14.9 Å². The Morgan fingerprint density at radius 1 is 1.12 bits per heavy atom. The first-order valence-corrected chi connectivity index (χ1v) is 10.6. The summed E-state index contributed by atoms with van der Waals surface area (Å²) in [5.74, 6) is 5.29. The van der Waals surface area contributed by atoms with Crippen molar-refractivity contribution in [3.8, 4) is 23.7 Å². The van der Waals surface area contributed by atoms with E-state index in [2.05, 4.69) is 28.2 Å². The molecule has 1 atom stereocenters. The largest absolute Gasteiger partial charge is 0.493 e. The molecule has 0 aliphatic carbocycles. The summed E-state index contributed by atoms with van der Waals surface area (Å²) in [7, 11) is 0. The average Bonchev–Trinajstić information content (AvgIpc) is 2.86. The second-order valence-electron chi connectivity index (χ2n) is 8.11. The SMILES string of the molecule is C[C@@]1(C#N)CCOc2ccc(C(=O)NCc3cc(C#Cc4cccc(C(=O)O)c4)ccn3)cc21. The van der Waals surface area contributed by atoms with Gasteiger partial charge in [0.15, 0.2) is 0 Å². The molecule has 1 aliphatic rings. The first-order chi connectivity index (χ1) is 16.4. The number of fused-ring (bicyclic) bond motifs is 1. The van der Waals surface area contributed by atoms with Gasteiger partial charge in [0.05, 0.1) is 35.9 Å². The van der Waals surface area contributed by atoms with Crippen LogP contribution in [0.3, 0.4) is 0 Å². The van der Waals surface area contributed by atoms with Crippen molar-refractivity contribution in [2.75, 3.05) is 6.61 Å². The molecule has 1 aliphatic heterocycles. The summed E-state index contributed by atoms with van der Waals surface area (Å²) in [4.78, 5) is 28.1. The van der Waals surface area contributed by atoms with Crippen molar-refractivity contribution in [2.24, 2.45) is 0 Å². The molecule has 0 saturated heterocycles. The van der Waals surface area contributed by atoms with Gasteiger partial charge >= 0.3 is 5.97 Å². The number of aromatic carboxylic acids is 1. The number of nitriles is 1. The lowest BCUT2D eigenvalue weighted by atomic mass is 9.78. The lowest BCUT2D eigenvalue weighted by Crippen LogP contribution is -2.29. The predicted octanol–water partition coefficient (Wildman–Crippen LogP) is 3.67. The van der Waals surface area contributed by atoms with Crippen molar-refractivity contribution < 1.29 is 19.4 Å². The third-order valence-electron chi connectivity index (χ3n) is 5.65. The highest BCUT2D eigenvalue weighted by Gasteiger charge is 2.34. The third kappa shape index (κ3) is 4.90. The van der Waals surface area contributed by atoms with Crippen LogP contribution in [0, 0.1) is 23.2 Å². The second-order valence-corrected chi connectivity index (χ2v) is 8.11. The van der Waals surface area contributed by atoms with Crippen LogP contribution in [0.1, 0.15) is 56.4 Å². The van der Waals surface area contributed by atoms with E-state index in [-0.39, 0.29) is 18.0 Å². The van der Waals surface area contributed by atoms with Crippen molar-refractivity contribution in [1.29, 1.82) is 5.26 Å². The van der Waals surface area contributed by atoms with Gasteiger partial charge in [0.25, 0.3) is 5.91 Å². The smallest absolute Gasteiger partial charge is 0.335 e. The van der Waals surface area contributed by atoms with Crippen LogP contribution in [0.5, 0.6) is 5.75 Å². The Morgan fingerprint density at radius 2 is 1.91 bits per heavy atom. The third-order valence-corrected chi connectivity index (χ3v) is 5.65. The van der Waals surface area contributed by atoms with Crippen molar-refractivity contribution in [1.82, 2.24) is 10.3 Å². The van der Waals surface area contributed by atoms with E-state index in [1.807, 2.05) is 6.92 Å². The Morgan fingerprint density at radius 3 is 2.68 bits per heavy atom. The molecule has 0 radical (unpaired) electrons. The Kier molecular flexibility index (Phi) is 6.29. The zero-order valence-corrected chi connectivity index (χ0v) is 18.5. The molecule has 2 aromatic carbocycles.